The molecule has 156 valence electrons. The van der Waals surface area contributed by atoms with E-state index < -0.39 is 10.4 Å². The van der Waals surface area contributed by atoms with Crippen molar-refractivity contribution in [2.75, 3.05) is 21.3 Å². The molecule has 8 nitrogen and oxygen atoms in total. The quantitative estimate of drug-likeness (QED) is 0.357. The van der Waals surface area contributed by atoms with Crippen molar-refractivity contribution in [2.24, 2.45) is 14.1 Å². The van der Waals surface area contributed by atoms with Crippen LogP contribution in [0, 0.1) is 0 Å². The number of rotatable bonds is 5. The largest absolute Gasteiger partial charge is 0.726 e. The van der Waals surface area contributed by atoms with E-state index in [-0.39, 0.29) is 0 Å². The summed E-state index contributed by atoms with van der Waals surface area (Å²) in [6.07, 6.45) is 0. The Morgan fingerprint density at radius 2 is 1.28 bits per heavy atom. The molecular weight excluding hydrogens is 396 g/mol. The molecule has 0 bridgehead atoms. The second kappa shape index (κ2) is 9.55. The maximum Gasteiger partial charge on any atom is 0.238 e. The number of hydrogen-bond acceptors (Lipinski definition) is 6. The van der Waals surface area contributed by atoms with Crippen molar-refractivity contribution in [3.8, 4) is 34.0 Å². The van der Waals surface area contributed by atoms with Crippen LogP contribution in [0.15, 0.2) is 54.6 Å². The summed E-state index contributed by atoms with van der Waals surface area (Å²) in [6, 6.07) is 18.4. The molecule has 0 aliphatic rings. The van der Waals surface area contributed by atoms with Crippen molar-refractivity contribution in [3.63, 3.8) is 0 Å². The molecule has 0 radical (unpaired) electrons. The van der Waals surface area contributed by atoms with Crippen molar-refractivity contribution in [1.29, 1.82) is 0 Å². The second-order valence-electron chi connectivity index (χ2n) is 5.99. The SMILES string of the molecule is COS(=O)(=O)[O-].COc1ccc(-c2cc(-c3ccc(OC)cc3)[n+](C)n2C)cc1. The molecule has 29 heavy (non-hydrogen) atoms. The van der Waals surface area contributed by atoms with Crippen LogP contribution in [-0.2, 0) is 28.7 Å². The van der Waals surface area contributed by atoms with Gasteiger partial charge in [-0.05, 0) is 48.5 Å². The second-order valence-corrected chi connectivity index (χ2v) is 7.14. The maximum absolute atomic E-state index is 9.22. The number of ether oxygens (including phenoxy) is 2. The van der Waals surface area contributed by atoms with Crippen LogP contribution < -0.4 is 14.2 Å². The molecule has 0 amide bonds. The first-order chi connectivity index (χ1) is 13.7. The Hall–Kier alpha value is -2.88. The van der Waals surface area contributed by atoms with Crippen LogP contribution in [-0.4, -0.2) is 39.0 Å². The van der Waals surface area contributed by atoms with Crippen LogP contribution in [0.25, 0.3) is 22.5 Å². The van der Waals surface area contributed by atoms with Gasteiger partial charge >= 0.3 is 0 Å². The third-order valence-corrected chi connectivity index (χ3v) is 4.80. The van der Waals surface area contributed by atoms with Crippen LogP contribution >= 0.6 is 0 Å². The molecule has 1 heterocycles. The highest BCUT2D eigenvalue weighted by atomic mass is 32.3. The lowest BCUT2D eigenvalue weighted by Gasteiger charge is -2.02. The highest BCUT2D eigenvalue weighted by molar-refractivity contribution is 7.80. The van der Waals surface area contributed by atoms with Gasteiger partial charge in [-0.25, -0.2) is 8.42 Å². The molecule has 0 saturated heterocycles. The topological polar surface area (TPSA) is 93.7 Å². The van der Waals surface area contributed by atoms with Gasteiger partial charge in [-0.1, -0.05) is 0 Å². The summed E-state index contributed by atoms with van der Waals surface area (Å²) in [5.41, 5.74) is 4.62. The molecule has 0 unspecified atom stereocenters. The monoisotopic (exact) mass is 420 g/mol. The average molecular weight is 420 g/mol. The van der Waals surface area contributed by atoms with Crippen molar-refractivity contribution in [1.82, 2.24) is 4.68 Å². The van der Waals surface area contributed by atoms with E-state index in [4.69, 9.17) is 9.47 Å². The van der Waals surface area contributed by atoms with E-state index in [9.17, 15) is 13.0 Å². The summed E-state index contributed by atoms with van der Waals surface area (Å²) < 4.78 is 45.8. The van der Waals surface area contributed by atoms with Crippen LogP contribution in [0.4, 0.5) is 0 Å². The molecule has 0 aliphatic carbocycles. The predicted molar refractivity (Wildman–Crippen MR) is 107 cm³/mol. The molecule has 3 aromatic rings. The molecule has 1 aromatic heterocycles. The molecule has 2 aromatic carbocycles. The lowest BCUT2D eigenvalue weighted by molar-refractivity contribution is -0.740. The summed E-state index contributed by atoms with van der Waals surface area (Å²) in [5, 5.41) is 0. The smallest absolute Gasteiger partial charge is 0.238 e. The van der Waals surface area contributed by atoms with Gasteiger partial charge in [0.2, 0.25) is 16.1 Å². The van der Waals surface area contributed by atoms with Crippen molar-refractivity contribution >= 4 is 10.4 Å². The summed E-state index contributed by atoms with van der Waals surface area (Å²) in [6.45, 7) is 0. The third-order valence-electron chi connectivity index (χ3n) is 4.40. The number of hydrogen-bond donors (Lipinski definition) is 0. The summed E-state index contributed by atoms with van der Waals surface area (Å²) >= 11 is 0. The van der Waals surface area contributed by atoms with Gasteiger partial charge in [0, 0.05) is 17.2 Å². The minimum atomic E-state index is -4.41. The number of methoxy groups -OCH3 is 2. The van der Waals surface area contributed by atoms with E-state index in [1.807, 2.05) is 24.3 Å². The normalized spacial score (nSPS) is 10.8. The van der Waals surface area contributed by atoms with Crippen LogP contribution in [0.1, 0.15) is 0 Å². The fourth-order valence-electron chi connectivity index (χ4n) is 2.70. The number of benzene rings is 2. The molecule has 0 spiro atoms. The first-order valence-corrected chi connectivity index (χ1v) is 9.89. The Labute approximate surface area is 170 Å². The van der Waals surface area contributed by atoms with Crippen molar-refractivity contribution < 1.29 is 31.3 Å². The third kappa shape index (κ3) is 5.80. The molecule has 0 saturated carbocycles. The van der Waals surface area contributed by atoms with Gasteiger partial charge < -0.3 is 14.0 Å². The molecular formula is C20H24N2O6S. The number of aromatic nitrogens is 2. The molecule has 0 fully saturated rings. The lowest BCUT2D eigenvalue weighted by atomic mass is 10.1. The van der Waals surface area contributed by atoms with E-state index in [0.29, 0.717) is 0 Å². The first-order valence-electron chi connectivity index (χ1n) is 8.56. The van der Waals surface area contributed by atoms with Gasteiger partial charge in [-0.2, -0.15) is 4.68 Å². The van der Waals surface area contributed by atoms with Crippen LogP contribution in [0.2, 0.25) is 0 Å². The molecule has 0 N–H and O–H groups in total. The van der Waals surface area contributed by atoms with Gasteiger partial charge in [0.25, 0.3) is 0 Å². The molecule has 3 rings (SSSR count). The van der Waals surface area contributed by atoms with E-state index >= 15 is 0 Å². The first kappa shape index (κ1) is 22.4. The Bertz CT molecular complexity index is 974. The minimum Gasteiger partial charge on any atom is -0.726 e. The Balaban J connectivity index is 0.000000438. The van der Waals surface area contributed by atoms with Crippen LogP contribution in [0.3, 0.4) is 0 Å². The van der Waals surface area contributed by atoms with Crippen molar-refractivity contribution in [3.05, 3.63) is 54.6 Å². The Kier molecular flexibility index (Phi) is 7.38. The summed E-state index contributed by atoms with van der Waals surface area (Å²) in [5.74, 6) is 1.73. The van der Waals surface area contributed by atoms with E-state index in [1.165, 1.54) is 0 Å². The van der Waals surface area contributed by atoms with Gasteiger partial charge in [-0.3, -0.25) is 4.18 Å². The predicted octanol–water partition coefficient (Wildman–Crippen LogP) is 2.29. The van der Waals surface area contributed by atoms with E-state index in [2.05, 4.69) is 58.0 Å². The Morgan fingerprint density at radius 1 is 0.862 bits per heavy atom. The highest BCUT2D eigenvalue weighted by Crippen LogP contribution is 2.26. The zero-order valence-corrected chi connectivity index (χ0v) is 17.8. The minimum absolute atomic E-state index is 0.808. The maximum atomic E-state index is 9.22. The molecule has 0 aliphatic heterocycles. The fraction of sp³-hybridized carbons (Fsp3) is 0.250. The lowest BCUT2D eigenvalue weighted by Crippen LogP contribution is -2.39. The van der Waals surface area contributed by atoms with Gasteiger partial charge in [-0.15, -0.1) is 4.68 Å². The van der Waals surface area contributed by atoms with Gasteiger partial charge in [0.05, 0.1) is 28.4 Å². The van der Waals surface area contributed by atoms with Crippen molar-refractivity contribution in [2.45, 2.75) is 0 Å². The zero-order chi connectivity index (χ0) is 21.6. The summed E-state index contributed by atoms with van der Waals surface area (Å²) in [4.78, 5) is 0. The van der Waals surface area contributed by atoms with Crippen LogP contribution in [0.5, 0.6) is 11.5 Å². The van der Waals surface area contributed by atoms with Gasteiger partial charge in [0.1, 0.15) is 17.2 Å². The number of nitrogens with zero attached hydrogens (tertiary/aromatic N) is 2. The van der Waals surface area contributed by atoms with Gasteiger partial charge in [0.15, 0.2) is 7.05 Å². The standard InChI is InChI=1S/C19H21N2O2.CH4O4S/c1-20-18(14-5-9-16(22-3)10-6-14)13-19(21(20)2)15-7-11-17(23-4)12-8-15;1-5-6(2,3)4/h5-13H,1-4H3;1H3,(H,2,3,4)/q+1;/p-1. The fourth-order valence-corrected chi connectivity index (χ4v) is 2.70. The van der Waals surface area contributed by atoms with E-state index in [0.717, 1.165) is 41.1 Å². The molecule has 0 atom stereocenters. The van der Waals surface area contributed by atoms with E-state index in [1.54, 1.807) is 14.2 Å². The molecule has 9 heteroatoms. The highest BCUT2D eigenvalue weighted by Gasteiger charge is 2.19. The average Bonchev–Trinajstić information content (AvgIpc) is 3.03. The summed E-state index contributed by atoms with van der Waals surface area (Å²) in [7, 11) is 3.88. The Morgan fingerprint density at radius 3 is 1.66 bits per heavy atom. The zero-order valence-electron chi connectivity index (χ0n) is 16.9.